The van der Waals surface area contributed by atoms with E-state index in [1.54, 1.807) is 31.0 Å². The molecule has 2 rings (SSSR count). The monoisotopic (exact) mass is 366 g/mol. The molecule has 0 bridgehead atoms. The Kier molecular flexibility index (Phi) is 5.70. The van der Waals surface area contributed by atoms with Crippen LogP contribution in [-0.4, -0.2) is 20.2 Å². The lowest BCUT2D eigenvalue weighted by Crippen LogP contribution is -2.01. The number of carbonyl (C=O) groups excluding carboxylic acids is 1. The number of hydrogen-bond acceptors (Lipinski definition) is 4. The van der Waals surface area contributed by atoms with Crippen LogP contribution >= 0.6 is 27.7 Å². The second-order valence-corrected chi connectivity index (χ2v) is 6.17. The van der Waals surface area contributed by atoms with E-state index in [0.717, 1.165) is 21.5 Å². The minimum atomic E-state index is -0.329. The van der Waals surface area contributed by atoms with Crippen molar-refractivity contribution in [1.29, 1.82) is 0 Å². The van der Waals surface area contributed by atoms with Gasteiger partial charge in [0.15, 0.2) is 0 Å². The Bertz CT molecular complexity index is 626. The minimum absolute atomic E-state index is 0.329. The predicted molar refractivity (Wildman–Crippen MR) is 88.0 cm³/mol. The number of rotatable bonds is 5. The molecule has 5 heteroatoms. The maximum atomic E-state index is 11.5. The number of carbonyl (C=O) groups is 1. The Morgan fingerprint density at radius 1 is 1.14 bits per heavy atom. The molecule has 0 atom stereocenters. The van der Waals surface area contributed by atoms with Crippen molar-refractivity contribution in [2.24, 2.45) is 0 Å². The summed E-state index contributed by atoms with van der Waals surface area (Å²) in [4.78, 5) is 12.6. The van der Waals surface area contributed by atoms with E-state index in [-0.39, 0.29) is 5.97 Å². The Morgan fingerprint density at radius 3 is 2.43 bits per heavy atom. The van der Waals surface area contributed by atoms with Gasteiger partial charge in [0.1, 0.15) is 5.75 Å². The third-order valence-electron chi connectivity index (χ3n) is 2.93. The molecule has 0 radical (unpaired) electrons. The highest BCUT2D eigenvalue weighted by Crippen LogP contribution is 2.28. The number of halogens is 1. The molecule has 0 heterocycles. The van der Waals surface area contributed by atoms with Gasteiger partial charge in [0.25, 0.3) is 0 Å². The third kappa shape index (κ3) is 4.25. The summed E-state index contributed by atoms with van der Waals surface area (Å²) in [6.45, 7) is 0. The molecule has 0 spiro atoms. The summed E-state index contributed by atoms with van der Waals surface area (Å²) >= 11 is 5.23. The molecule has 2 aromatic rings. The van der Waals surface area contributed by atoms with Crippen LogP contribution in [0.4, 0.5) is 0 Å². The smallest absolute Gasteiger partial charge is 0.337 e. The van der Waals surface area contributed by atoms with Gasteiger partial charge in [-0.3, -0.25) is 0 Å². The molecule has 0 unspecified atom stereocenters. The molecule has 21 heavy (non-hydrogen) atoms. The zero-order valence-electron chi connectivity index (χ0n) is 11.8. The molecule has 0 saturated carbocycles. The van der Waals surface area contributed by atoms with Crippen molar-refractivity contribution in [3.05, 3.63) is 58.1 Å². The van der Waals surface area contributed by atoms with Crippen LogP contribution in [0.2, 0.25) is 0 Å². The topological polar surface area (TPSA) is 35.5 Å². The van der Waals surface area contributed by atoms with E-state index in [0.29, 0.717) is 5.56 Å². The van der Waals surface area contributed by atoms with Crippen LogP contribution in [0, 0.1) is 0 Å². The van der Waals surface area contributed by atoms with Crippen molar-refractivity contribution in [2.45, 2.75) is 10.6 Å². The van der Waals surface area contributed by atoms with Crippen LogP contribution in [0.3, 0.4) is 0 Å². The summed E-state index contributed by atoms with van der Waals surface area (Å²) in [6.07, 6.45) is 0. The number of thioether (sulfide) groups is 1. The minimum Gasteiger partial charge on any atom is -0.497 e. The molecular formula is C16H15BrO3S. The standard InChI is InChI=1S/C16H15BrO3S/c1-19-13-5-7-14(8-6-13)21-10-12-4-3-11(9-15(12)17)16(18)20-2/h3-9H,10H2,1-2H3. The fourth-order valence-corrected chi connectivity index (χ4v) is 3.35. The van der Waals surface area contributed by atoms with E-state index in [4.69, 9.17) is 9.47 Å². The molecule has 2 aromatic carbocycles. The number of benzene rings is 2. The predicted octanol–water partition coefficient (Wildman–Crippen LogP) is 4.54. The van der Waals surface area contributed by atoms with Crippen LogP contribution in [-0.2, 0) is 10.5 Å². The highest BCUT2D eigenvalue weighted by molar-refractivity contribution is 9.10. The second kappa shape index (κ2) is 7.52. The maximum absolute atomic E-state index is 11.5. The van der Waals surface area contributed by atoms with Gasteiger partial charge in [-0.1, -0.05) is 22.0 Å². The van der Waals surface area contributed by atoms with Crippen LogP contribution in [0.1, 0.15) is 15.9 Å². The quantitative estimate of drug-likeness (QED) is 0.574. The first kappa shape index (κ1) is 15.9. The molecule has 0 aliphatic carbocycles. The van der Waals surface area contributed by atoms with Gasteiger partial charge >= 0.3 is 5.97 Å². The lowest BCUT2D eigenvalue weighted by molar-refractivity contribution is 0.0600. The third-order valence-corrected chi connectivity index (χ3v) is 4.73. The Balaban J connectivity index is 2.04. The van der Waals surface area contributed by atoms with Crippen molar-refractivity contribution in [1.82, 2.24) is 0 Å². The Morgan fingerprint density at radius 2 is 1.86 bits per heavy atom. The summed E-state index contributed by atoms with van der Waals surface area (Å²) in [6, 6.07) is 13.4. The highest BCUT2D eigenvalue weighted by atomic mass is 79.9. The highest BCUT2D eigenvalue weighted by Gasteiger charge is 2.08. The van der Waals surface area contributed by atoms with Gasteiger partial charge in [0.2, 0.25) is 0 Å². The number of methoxy groups -OCH3 is 2. The lowest BCUT2D eigenvalue weighted by Gasteiger charge is -2.07. The molecule has 110 valence electrons. The van der Waals surface area contributed by atoms with Crippen molar-refractivity contribution in [2.75, 3.05) is 14.2 Å². The van der Waals surface area contributed by atoms with Crippen molar-refractivity contribution >= 4 is 33.7 Å². The Labute approximate surface area is 136 Å². The van der Waals surface area contributed by atoms with E-state index in [1.165, 1.54) is 12.0 Å². The van der Waals surface area contributed by atoms with Gasteiger partial charge in [-0.15, -0.1) is 11.8 Å². The van der Waals surface area contributed by atoms with Crippen LogP contribution in [0.5, 0.6) is 5.75 Å². The van der Waals surface area contributed by atoms with Gasteiger partial charge in [-0.25, -0.2) is 4.79 Å². The average molecular weight is 367 g/mol. The molecular weight excluding hydrogens is 352 g/mol. The summed E-state index contributed by atoms with van der Waals surface area (Å²) in [5.74, 6) is 1.34. The normalized spacial score (nSPS) is 10.2. The SMILES string of the molecule is COC(=O)c1ccc(CSc2ccc(OC)cc2)c(Br)c1. The van der Waals surface area contributed by atoms with E-state index in [1.807, 2.05) is 30.3 Å². The van der Waals surface area contributed by atoms with Crippen molar-refractivity contribution in [3.63, 3.8) is 0 Å². The summed E-state index contributed by atoms with van der Waals surface area (Å²) < 4.78 is 10.8. The molecule has 0 saturated heterocycles. The van der Waals surface area contributed by atoms with Crippen LogP contribution < -0.4 is 4.74 Å². The van der Waals surface area contributed by atoms with Gasteiger partial charge in [0, 0.05) is 15.1 Å². The largest absolute Gasteiger partial charge is 0.497 e. The number of ether oxygens (including phenoxy) is 2. The summed E-state index contributed by atoms with van der Waals surface area (Å²) in [5, 5.41) is 0. The Hall–Kier alpha value is -1.46. The van der Waals surface area contributed by atoms with E-state index in [2.05, 4.69) is 15.9 Å². The van der Waals surface area contributed by atoms with Gasteiger partial charge in [-0.2, -0.15) is 0 Å². The van der Waals surface area contributed by atoms with Gasteiger partial charge in [-0.05, 0) is 42.0 Å². The molecule has 0 amide bonds. The fraction of sp³-hybridized carbons (Fsp3) is 0.188. The molecule has 0 aliphatic heterocycles. The molecule has 0 aliphatic rings. The summed E-state index contributed by atoms with van der Waals surface area (Å²) in [7, 11) is 3.03. The zero-order chi connectivity index (χ0) is 15.2. The van der Waals surface area contributed by atoms with Gasteiger partial charge < -0.3 is 9.47 Å². The molecule has 0 aromatic heterocycles. The first-order chi connectivity index (χ1) is 10.1. The first-order valence-electron chi connectivity index (χ1n) is 6.27. The second-order valence-electron chi connectivity index (χ2n) is 4.26. The molecule has 0 N–H and O–H groups in total. The zero-order valence-corrected chi connectivity index (χ0v) is 14.2. The number of esters is 1. The molecule has 3 nitrogen and oxygen atoms in total. The fourth-order valence-electron chi connectivity index (χ4n) is 1.74. The first-order valence-corrected chi connectivity index (χ1v) is 8.05. The van der Waals surface area contributed by atoms with Crippen molar-refractivity contribution in [3.8, 4) is 5.75 Å². The van der Waals surface area contributed by atoms with E-state index < -0.39 is 0 Å². The molecule has 0 fully saturated rings. The van der Waals surface area contributed by atoms with E-state index >= 15 is 0 Å². The van der Waals surface area contributed by atoms with Gasteiger partial charge in [0.05, 0.1) is 19.8 Å². The maximum Gasteiger partial charge on any atom is 0.337 e. The van der Waals surface area contributed by atoms with E-state index in [9.17, 15) is 4.79 Å². The summed E-state index contributed by atoms with van der Waals surface area (Å²) in [5.41, 5.74) is 1.67. The number of hydrogen-bond donors (Lipinski definition) is 0. The lowest BCUT2D eigenvalue weighted by atomic mass is 10.1. The van der Waals surface area contributed by atoms with Crippen LogP contribution in [0.25, 0.3) is 0 Å². The van der Waals surface area contributed by atoms with Crippen LogP contribution in [0.15, 0.2) is 51.8 Å². The van der Waals surface area contributed by atoms with Crippen molar-refractivity contribution < 1.29 is 14.3 Å². The average Bonchev–Trinajstić information content (AvgIpc) is 2.53.